The van der Waals surface area contributed by atoms with E-state index in [4.69, 9.17) is 4.74 Å². The molecule has 1 unspecified atom stereocenters. The van der Waals surface area contributed by atoms with Gasteiger partial charge in [-0.2, -0.15) is 0 Å². The fourth-order valence-corrected chi connectivity index (χ4v) is 3.23. The van der Waals surface area contributed by atoms with Crippen molar-refractivity contribution in [3.05, 3.63) is 38.0 Å². The van der Waals surface area contributed by atoms with Gasteiger partial charge in [0.25, 0.3) is 0 Å². The van der Waals surface area contributed by atoms with Crippen molar-refractivity contribution in [2.45, 2.75) is 19.4 Å². The highest BCUT2D eigenvalue weighted by Gasteiger charge is 2.21. The Bertz CT molecular complexity index is 532. The molecule has 2 aromatic heterocycles. The minimum Gasteiger partial charge on any atom is -0.480 e. The average Bonchev–Trinajstić information content (AvgIpc) is 2.86. The van der Waals surface area contributed by atoms with E-state index < -0.39 is 0 Å². The Morgan fingerprint density at radius 2 is 2.21 bits per heavy atom. The van der Waals surface area contributed by atoms with Crippen LogP contribution in [-0.2, 0) is 0 Å². The molecule has 102 valence electrons. The van der Waals surface area contributed by atoms with E-state index in [0.717, 1.165) is 18.7 Å². The first kappa shape index (κ1) is 14.7. The number of ether oxygens (including phenoxy) is 1. The smallest absolute Gasteiger partial charge is 0.237 e. The predicted molar refractivity (Wildman–Crippen MR) is 85.8 cm³/mol. The lowest BCUT2D eigenvalue weighted by atomic mass is 10.1. The molecule has 4 nitrogen and oxygen atoms in total. The summed E-state index contributed by atoms with van der Waals surface area (Å²) in [4.78, 5) is 8.68. The van der Waals surface area contributed by atoms with E-state index in [1.54, 1.807) is 30.8 Å². The zero-order valence-electron chi connectivity index (χ0n) is 10.9. The van der Waals surface area contributed by atoms with Crippen LogP contribution in [-0.4, -0.2) is 23.6 Å². The molecular weight excluding hydrogens is 373 g/mol. The van der Waals surface area contributed by atoms with E-state index in [1.807, 2.05) is 0 Å². The largest absolute Gasteiger partial charge is 0.480 e. The molecule has 6 heteroatoms. The molecule has 1 N–H and O–H groups in total. The van der Waals surface area contributed by atoms with Crippen molar-refractivity contribution in [3.63, 3.8) is 0 Å². The summed E-state index contributed by atoms with van der Waals surface area (Å²) in [6.07, 6.45) is 4.42. The fourth-order valence-electron chi connectivity index (χ4n) is 1.83. The number of nitrogens with zero attached hydrogens (tertiary/aromatic N) is 2. The number of halogens is 1. The molecule has 2 aromatic rings. The number of methoxy groups -OCH3 is 1. The van der Waals surface area contributed by atoms with Crippen molar-refractivity contribution in [1.29, 1.82) is 0 Å². The highest BCUT2D eigenvalue weighted by molar-refractivity contribution is 14.1. The first-order chi connectivity index (χ1) is 9.26. The predicted octanol–water partition coefficient (Wildman–Crippen LogP) is 3.24. The van der Waals surface area contributed by atoms with Gasteiger partial charge in [0.2, 0.25) is 5.88 Å². The van der Waals surface area contributed by atoms with Crippen LogP contribution >= 0.6 is 33.9 Å². The number of hydrogen-bond acceptors (Lipinski definition) is 5. The first-order valence-electron chi connectivity index (χ1n) is 6.08. The second-order valence-corrected chi connectivity index (χ2v) is 6.83. The molecule has 19 heavy (non-hydrogen) atoms. The minimum absolute atomic E-state index is 0.0309. The van der Waals surface area contributed by atoms with Gasteiger partial charge in [0.1, 0.15) is 5.69 Å². The quantitative estimate of drug-likeness (QED) is 0.771. The average molecular weight is 389 g/mol. The number of thiophene rings is 1. The van der Waals surface area contributed by atoms with Crippen molar-refractivity contribution < 1.29 is 4.74 Å². The molecular formula is C13H16IN3OS. The Balaban J connectivity index is 2.36. The van der Waals surface area contributed by atoms with Crippen LogP contribution in [0.25, 0.3) is 0 Å². The zero-order chi connectivity index (χ0) is 13.7. The van der Waals surface area contributed by atoms with Gasteiger partial charge in [0, 0.05) is 12.4 Å². The van der Waals surface area contributed by atoms with Crippen molar-refractivity contribution in [2.75, 3.05) is 13.7 Å². The molecule has 0 saturated carbocycles. The highest BCUT2D eigenvalue weighted by atomic mass is 127. The van der Waals surface area contributed by atoms with Crippen LogP contribution < -0.4 is 10.1 Å². The van der Waals surface area contributed by atoms with Gasteiger partial charge in [-0.25, -0.2) is 4.98 Å². The molecule has 0 amide bonds. The normalized spacial score (nSPS) is 12.4. The molecule has 0 spiro atoms. The van der Waals surface area contributed by atoms with Gasteiger partial charge >= 0.3 is 0 Å². The maximum absolute atomic E-state index is 5.32. The van der Waals surface area contributed by atoms with Crippen LogP contribution in [0, 0.1) is 2.88 Å². The van der Waals surface area contributed by atoms with Gasteiger partial charge in [-0.3, -0.25) is 4.98 Å². The molecule has 0 fully saturated rings. The molecule has 0 aliphatic rings. The number of nitrogens with one attached hydrogen (secondary N) is 1. The van der Waals surface area contributed by atoms with Crippen LogP contribution in [0.2, 0.25) is 0 Å². The molecule has 0 saturated heterocycles. The molecule has 2 heterocycles. The molecule has 0 radical (unpaired) electrons. The standard InChI is InChI=1S/C13H16IN3OS/c1-3-4-15-11(9-7-10(14)19-8-9)12-13(18-2)17-6-5-16-12/h5-8,11,15H,3-4H2,1-2H3. The van der Waals surface area contributed by atoms with Crippen LogP contribution in [0.3, 0.4) is 0 Å². The maximum atomic E-state index is 5.32. The second kappa shape index (κ2) is 7.16. The third kappa shape index (κ3) is 3.64. The Kier molecular flexibility index (Phi) is 5.53. The summed E-state index contributed by atoms with van der Waals surface area (Å²) in [6, 6.07) is 2.20. The SMILES string of the molecule is CCCNC(c1csc(I)c1)c1nccnc1OC. The zero-order valence-corrected chi connectivity index (χ0v) is 13.9. The monoisotopic (exact) mass is 389 g/mol. The molecule has 0 aliphatic heterocycles. The van der Waals surface area contributed by atoms with E-state index >= 15 is 0 Å². The van der Waals surface area contributed by atoms with E-state index in [9.17, 15) is 0 Å². The fraction of sp³-hybridized carbons (Fsp3) is 0.385. The summed E-state index contributed by atoms with van der Waals surface area (Å²) in [6.45, 7) is 3.08. The molecule has 0 aromatic carbocycles. The minimum atomic E-state index is 0.0309. The van der Waals surface area contributed by atoms with E-state index in [2.05, 4.69) is 56.2 Å². The van der Waals surface area contributed by atoms with Crippen LogP contribution in [0.1, 0.15) is 30.6 Å². The van der Waals surface area contributed by atoms with Crippen molar-refractivity contribution >= 4 is 33.9 Å². The second-order valence-electron chi connectivity index (χ2n) is 4.02. The van der Waals surface area contributed by atoms with Gasteiger partial charge in [0.05, 0.1) is 16.0 Å². The molecule has 0 bridgehead atoms. The lowest BCUT2D eigenvalue weighted by molar-refractivity contribution is 0.382. The first-order valence-corrected chi connectivity index (χ1v) is 8.04. The summed E-state index contributed by atoms with van der Waals surface area (Å²) >= 11 is 4.06. The summed E-state index contributed by atoms with van der Waals surface area (Å²) in [7, 11) is 1.63. The summed E-state index contributed by atoms with van der Waals surface area (Å²) in [5.41, 5.74) is 2.05. The number of hydrogen-bond donors (Lipinski definition) is 1. The van der Waals surface area contributed by atoms with Gasteiger partial charge in [0.15, 0.2) is 0 Å². The lowest BCUT2D eigenvalue weighted by Gasteiger charge is -2.18. The van der Waals surface area contributed by atoms with Gasteiger partial charge in [-0.1, -0.05) is 6.92 Å². The Morgan fingerprint density at radius 3 is 2.84 bits per heavy atom. The van der Waals surface area contributed by atoms with Crippen LogP contribution in [0.5, 0.6) is 5.88 Å². The number of rotatable bonds is 6. The summed E-state index contributed by atoms with van der Waals surface area (Å²) < 4.78 is 6.59. The Labute approximate surface area is 130 Å². The van der Waals surface area contributed by atoms with Crippen LogP contribution in [0.15, 0.2) is 23.8 Å². The lowest BCUT2D eigenvalue weighted by Crippen LogP contribution is -2.24. The molecule has 0 aliphatic carbocycles. The summed E-state index contributed by atoms with van der Waals surface area (Å²) in [5.74, 6) is 0.581. The Morgan fingerprint density at radius 1 is 1.42 bits per heavy atom. The van der Waals surface area contributed by atoms with Crippen molar-refractivity contribution in [1.82, 2.24) is 15.3 Å². The van der Waals surface area contributed by atoms with Gasteiger partial charge in [-0.05, 0) is 52.6 Å². The highest BCUT2D eigenvalue weighted by Crippen LogP contribution is 2.30. The molecule has 1 atom stereocenters. The number of aromatic nitrogens is 2. The molecule has 2 rings (SSSR count). The van der Waals surface area contributed by atoms with E-state index in [-0.39, 0.29) is 6.04 Å². The topological polar surface area (TPSA) is 47.0 Å². The summed E-state index contributed by atoms with van der Waals surface area (Å²) in [5, 5.41) is 5.67. The van der Waals surface area contributed by atoms with Crippen LogP contribution in [0.4, 0.5) is 0 Å². The third-order valence-electron chi connectivity index (χ3n) is 2.68. The van der Waals surface area contributed by atoms with E-state index in [1.165, 1.54) is 8.45 Å². The Hall–Kier alpha value is -0.730. The van der Waals surface area contributed by atoms with Gasteiger partial charge in [-0.15, -0.1) is 11.3 Å². The third-order valence-corrected chi connectivity index (χ3v) is 4.48. The van der Waals surface area contributed by atoms with Crippen molar-refractivity contribution in [3.8, 4) is 5.88 Å². The van der Waals surface area contributed by atoms with E-state index in [0.29, 0.717) is 5.88 Å². The maximum Gasteiger partial charge on any atom is 0.237 e. The van der Waals surface area contributed by atoms with Crippen molar-refractivity contribution in [2.24, 2.45) is 0 Å². The van der Waals surface area contributed by atoms with Gasteiger partial charge < -0.3 is 10.1 Å².